The highest BCUT2D eigenvalue weighted by Gasteiger charge is 2.35. The van der Waals surface area contributed by atoms with Crippen LogP contribution in [0.5, 0.6) is 0 Å². The van der Waals surface area contributed by atoms with Crippen molar-refractivity contribution in [1.29, 1.82) is 0 Å². The number of fused-ring (bicyclic) bond motifs is 1. The van der Waals surface area contributed by atoms with E-state index in [1.54, 1.807) is 11.0 Å². The lowest BCUT2D eigenvalue weighted by molar-refractivity contribution is -0.136. The highest BCUT2D eigenvalue weighted by Crippen LogP contribution is 2.27. The number of rotatable bonds is 3. The highest BCUT2D eigenvalue weighted by molar-refractivity contribution is 7.89. The molecule has 10 heteroatoms. The first-order valence-corrected chi connectivity index (χ1v) is 10.5. The molecule has 0 bridgehead atoms. The van der Waals surface area contributed by atoms with E-state index < -0.39 is 10.0 Å². The number of nitrogens with one attached hydrogen (secondary N) is 2. The van der Waals surface area contributed by atoms with E-state index >= 15 is 0 Å². The lowest BCUT2D eigenvalue weighted by atomic mass is 10.1. The number of carbonyl (C=O) groups is 1. The van der Waals surface area contributed by atoms with Crippen LogP contribution in [0.2, 0.25) is 0 Å². The van der Waals surface area contributed by atoms with Gasteiger partial charge in [0.15, 0.2) is 0 Å². The number of amides is 1. The molecule has 2 heterocycles. The molecule has 1 aromatic heterocycles. The molecule has 146 valence electrons. The van der Waals surface area contributed by atoms with Gasteiger partial charge < -0.3 is 20.6 Å². The molecular formula is C17H23N5O4S. The number of aromatic nitrogens is 2. The molecule has 9 nitrogen and oxygen atoms in total. The van der Waals surface area contributed by atoms with Crippen LogP contribution in [0, 0.1) is 5.92 Å². The quantitative estimate of drug-likeness (QED) is 0.665. The summed E-state index contributed by atoms with van der Waals surface area (Å²) in [5, 5.41) is 0. The number of benzene rings is 1. The number of H-pyrrole nitrogens is 2. The van der Waals surface area contributed by atoms with Crippen LogP contribution in [-0.4, -0.2) is 65.7 Å². The van der Waals surface area contributed by atoms with Crippen molar-refractivity contribution >= 4 is 27.0 Å². The van der Waals surface area contributed by atoms with Crippen LogP contribution < -0.4 is 11.4 Å². The Kier molecular flexibility index (Phi) is 4.57. The highest BCUT2D eigenvalue weighted by atomic mass is 32.2. The van der Waals surface area contributed by atoms with Crippen molar-refractivity contribution in [2.24, 2.45) is 11.7 Å². The monoisotopic (exact) mass is 393 g/mol. The van der Waals surface area contributed by atoms with E-state index in [9.17, 15) is 18.0 Å². The summed E-state index contributed by atoms with van der Waals surface area (Å²) in [6.07, 6.45) is 2.40. The molecule has 2 aliphatic rings. The number of aromatic amines is 2. The SMILES string of the molecule is NC1CCC(C(=O)N2CCN(S(=O)(=O)c3ccc4[nH]c(=O)[nH]c4c3)CC2)C1. The molecule has 0 radical (unpaired) electrons. The Labute approximate surface area is 156 Å². The van der Waals surface area contributed by atoms with Crippen molar-refractivity contribution in [2.45, 2.75) is 30.2 Å². The molecule has 1 aromatic carbocycles. The van der Waals surface area contributed by atoms with Crippen molar-refractivity contribution < 1.29 is 13.2 Å². The second-order valence-corrected chi connectivity index (χ2v) is 9.22. The number of sulfonamides is 1. The Bertz CT molecular complexity index is 1020. The number of piperazine rings is 1. The minimum Gasteiger partial charge on any atom is -0.340 e. The van der Waals surface area contributed by atoms with E-state index in [-0.39, 0.29) is 41.5 Å². The van der Waals surface area contributed by atoms with Crippen LogP contribution in [0.3, 0.4) is 0 Å². The number of hydrogen-bond donors (Lipinski definition) is 3. The van der Waals surface area contributed by atoms with Crippen LogP contribution >= 0.6 is 0 Å². The van der Waals surface area contributed by atoms with Crippen LogP contribution in [-0.2, 0) is 14.8 Å². The van der Waals surface area contributed by atoms with Gasteiger partial charge in [-0.3, -0.25) is 4.79 Å². The first-order valence-electron chi connectivity index (χ1n) is 9.11. The fourth-order valence-electron chi connectivity index (χ4n) is 3.97. The van der Waals surface area contributed by atoms with Crippen LogP contribution in [0.4, 0.5) is 0 Å². The molecule has 4 rings (SSSR count). The van der Waals surface area contributed by atoms with Gasteiger partial charge >= 0.3 is 5.69 Å². The topological polar surface area (TPSA) is 132 Å². The van der Waals surface area contributed by atoms with Gasteiger partial charge in [0.25, 0.3) is 0 Å². The van der Waals surface area contributed by atoms with Crippen molar-refractivity contribution in [3.8, 4) is 0 Å². The molecule has 2 unspecified atom stereocenters. The number of nitrogens with zero attached hydrogens (tertiary/aromatic N) is 2. The third kappa shape index (κ3) is 3.40. The molecule has 1 saturated heterocycles. The molecule has 2 aromatic rings. The van der Waals surface area contributed by atoms with Gasteiger partial charge in [-0.2, -0.15) is 4.31 Å². The van der Waals surface area contributed by atoms with E-state index in [1.165, 1.54) is 16.4 Å². The minimum atomic E-state index is -3.68. The fraction of sp³-hybridized carbons (Fsp3) is 0.529. The number of carbonyl (C=O) groups excluding carboxylic acids is 1. The summed E-state index contributed by atoms with van der Waals surface area (Å²) >= 11 is 0. The Morgan fingerprint density at radius 1 is 1.07 bits per heavy atom. The molecule has 1 aliphatic carbocycles. The summed E-state index contributed by atoms with van der Waals surface area (Å²) < 4.78 is 27.2. The average molecular weight is 393 g/mol. The van der Waals surface area contributed by atoms with Gasteiger partial charge in [0.05, 0.1) is 15.9 Å². The molecular weight excluding hydrogens is 370 g/mol. The summed E-state index contributed by atoms with van der Waals surface area (Å²) in [7, 11) is -3.68. The van der Waals surface area contributed by atoms with Crippen molar-refractivity contribution in [3.05, 3.63) is 28.7 Å². The second-order valence-electron chi connectivity index (χ2n) is 7.29. The van der Waals surface area contributed by atoms with Gasteiger partial charge in [-0.25, -0.2) is 13.2 Å². The van der Waals surface area contributed by atoms with Crippen LogP contribution in [0.1, 0.15) is 19.3 Å². The average Bonchev–Trinajstić information content (AvgIpc) is 3.25. The van der Waals surface area contributed by atoms with Gasteiger partial charge in [-0.05, 0) is 37.5 Å². The molecule has 0 spiro atoms. The third-order valence-corrected chi connectivity index (χ3v) is 7.39. The van der Waals surface area contributed by atoms with Gasteiger partial charge in [0.1, 0.15) is 0 Å². The predicted molar refractivity (Wildman–Crippen MR) is 99.6 cm³/mol. The molecule has 1 aliphatic heterocycles. The summed E-state index contributed by atoms with van der Waals surface area (Å²) in [5.41, 5.74) is 6.53. The summed E-state index contributed by atoms with van der Waals surface area (Å²) in [4.78, 5) is 31.0. The molecule has 1 amide bonds. The largest absolute Gasteiger partial charge is 0.340 e. The van der Waals surface area contributed by atoms with Gasteiger partial charge in [-0.1, -0.05) is 0 Å². The fourth-order valence-corrected chi connectivity index (χ4v) is 5.42. The van der Waals surface area contributed by atoms with E-state index in [0.29, 0.717) is 30.5 Å². The van der Waals surface area contributed by atoms with Crippen molar-refractivity contribution in [2.75, 3.05) is 26.2 Å². The van der Waals surface area contributed by atoms with E-state index in [1.807, 2.05) is 0 Å². The maximum Gasteiger partial charge on any atom is 0.323 e. The Morgan fingerprint density at radius 3 is 2.44 bits per heavy atom. The lowest BCUT2D eigenvalue weighted by Gasteiger charge is -2.35. The Hall–Kier alpha value is -2.17. The third-order valence-electron chi connectivity index (χ3n) is 5.50. The van der Waals surface area contributed by atoms with Gasteiger partial charge in [-0.15, -0.1) is 0 Å². The zero-order valence-electron chi connectivity index (χ0n) is 14.8. The standard InChI is InChI=1S/C17H23N5O4S/c18-12-2-1-11(9-12)16(23)21-5-7-22(8-6-21)27(25,26)13-3-4-14-15(10-13)20-17(24)19-14/h3-4,10-12H,1-2,5-9,18H2,(H2,19,20,24). The maximum absolute atomic E-state index is 12.9. The summed E-state index contributed by atoms with van der Waals surface area (Å²) in [5.74, 6) is 0.0577. The van der Waals surface area contributed by atoms with Crippen LogP contribution in [0.15, 0.2) is 27.9 Å². The normalized spacial score (nSPS) is 24.6. The Morgan fingerprint density at radius 2 is 1.78 bits per heavy atom. The van der Waals surface area contributed by atoms with Crippen molar-refractivity contribution in [3.63, 3.8) is 0 Å². The predicted octanol–water partition coefficient (Wildman–Crippen LogP) is -0.183. The first-order chi connectivity index (χ1) is 12.8. The van der Waals surface area contributed by atoms with Gasteiger partial charge in [0.2, 0.25) is 15.9 Å². The molecule has 27 heavy (non-hydrogen) atoms. The molecule has 2 atom stereocenters. The van der Waals surface area contributed by atoms with E-state index in [4.69, 9.17) is 5.73 Å². The second kappa shape index (κ2) is 6.77. The minimum absolute atomic E-state index is 0.0315. The number of hydrogen-bond acceptors (Lipinski definition) is 5. The number of imidazole rings is 1. The number of nitrogens with two attached hydrogens (primary N) is 1. The maximum atomic E-state index is 12.9. The molecule has 4 N–H and O–H groups in total. The van der Waals surface area contributed by atoms with Crippen LogP contribution in [0.25, 0.3) is 11.0 Å². The first kappa shape index (κ1) is 18.2. The Balaban J connectivity index is 1.46. The van der Waals surface area contributed by atoms with E-state index in [2.05, 4.69) is 9.97 Å². The zero-order valence-corrected chi connectivity index (χ0v) is 15.7. The molecule has 2 fully saturated rings. The van der Waals surface area contributed by atoms with Crippen molar-refractivity contribution in [1.82, 2.24) is 19.2 Å². The summed E-state index contributed by atoms with van der Waals surface area (Å²) in [6.45, 7) is 1.28. The van der Waals surface area contributed by atoms with E-state index in [0.717, 1.165) is 12.8 Å². The summed E-state index contributed by atoms with van der Waals surface area (Å²) in [6, 6.07) is 4.61. The smallest absolute Gasteiger partial charge is 0.323 e. The lowest BCUT2D eigenvalue weighted by Crippen LogP contribution is -2.51. The zero-order chi connectivity index (χ0) is 19.2. The van der Waals surface area contributed by atoms with Gasteiger partial charge in [0, 0.05) is 38.1 Å². The molecule has 1 saturated carbocycles.